The number of unbranched alkanes of at least 4 members (excludes halogenated alkanes) is 5. The highest BCUT2D eigenvalue weighted by atomic mass is 32.2. The molecule has 0 saturated heterocycles. The van der Waals surface area contributed by atoms with E-state index >= 15 is 0 Å². The molecule has 0 aliphatic carbocycles. The normalized spacial score (nSPS) is 13.4. The lowest BCUT2D eigenvalue weighted by atomic mass is 10.1. The van der Waals surface area contributed by atoms with Crippen LogP contribution in [0.5, 0.6) is 0 Å². The Morgan fingerprint density at radius 3 is 1.40 bits per heavy atom. The summed E-state index contributed by atoms with van der Waals surface area (Å²) >= 11 is 0. The SMILES string of the molecule is CNC.O=S(=O)(O)C(F)(F)C(F)(F)CCCCCCCCC(F)(F)F. The van der Waals surface area contributed by atoms with Gasteiger partial charge in [-0.15, -0.1) is 0 Å². The highest BCUT2D eigenvalue weighted by molar-refractivity contribution is 7.87. The van der Waals surface area contributed by atoms with Gasteiger partial charge in [0.2, 0.25) is 0 Å². The van der Waals surface area contributed by atoms with E-state index < -0.39 is 46.7 Å². The van der Waals surface area contributed by atoms with Gasteiger partial charge in [-0.25, -0.2) is 0 Å². The van der Waals surface area contributed by atoms with E-state index in [1.807, 2.05) is 14.1 Å². The first-order chi connectivity index (χ1) is 11.1. The van der Waals surface area contributed by atoms with Gasteiger partial charge in [-0.3, -0.25) is 4.55 Å². The van der Waals surface area contributed by atoms with Gasteiger partial charge in [0.1, 0.15) is 0 Å². The Labute approximate surface area is 142 Å². The number of hydrogen-bond acceptors (Lipinski definition) is 3. The third-order valence-electron chi connectivity index (χ3n) is 2.95. The van der Waals surface area contributed by atoms with Crippen LogP contribution in [0.2, 0.25) is 0 Å². The Morgan fingerprint density at radius 1 is 0.760 bits per heavy atom. The molecule has 154 valence electrons. The first-order valence-electron chi connectivity index (χ1n) is 7.50. The number of nitrogens with one attached hydrogen (secondary N) is 1. The first-order valence-corrected chi connectivity index (χ1v) is 8.94. The van der Waals surface area contributed by atoms with Crippen LogP contribution in [0.25, 0.3) is 0 Å². The van der Waals surface area contributed by atoms with Crippen LogP contribution >= 0.6 is 0 Å². The van der Waals surface area contributed by atoms with Crippen LogP contribution < -0.4 is 5.32 Å². The molecule has 0 bridgehead atoms. The van der Waals surface area contributed by atoms with Crippen LogP contribution in [-0.4, -0.2) is 44.4 Å². The standard InChI is InChI=1S/C11H17F7O3S.C2H7N/c12-9(13,11(17,18)22(19,20)21)7-5-3-1-2-4-6-8-10(14,15)16;1-3-2/h1-8H2,(H,19,20,21);3H,1-2H3. The largest absolute Gasteiger partial charge is 0.431 e. The van der Waals surface area contributed by atoms with Gasteiger partial charge in [-0.1, -0.05) is 25.7 Å². The first kappa shape index (κ1) is 26.6. The summed E-state index contributed by atoms with van der Waals surface area (Å²) in [6.45, 7) is 0. The van der Waals surface area contributed by atoms with Crippen LogP contribution in [0, 0.1) is 0 Å². The topological polar surface area (TPSA) is 66.4 Å². The minimum atomic E-state index is -6.22. The fraction of sp³-hybridized carbons (Fsp3) is 1.00. The van der Waals surface area contributed by atoms with Crippen molar-refractivity contribution >= 4 is 10.1 Å². The van der Waals surface area contributed by atoms with E-state index in [-0.39, 0.29) is 25.7 Å². The molecule has 0 aliphatic heterocycles. The molecule has 0 rings (SSSR count). The maximum Gasteiger partial charge on any atom is 0.431 e. The lowest BCUT2D eigenvalue weighted by Gasteiger charge is -2.23. The van der Waals surface area contributed by atoms with E-state index in [1.54, 1.807) is 0 Å². The van der Waals surface area contributed by atoms with E-state index in [2.05, 4.69) is 5.32 Å². The van der Waals surface area contributed by atoms with Gasteiger partial charge in [0.05, 0.1) is 0 Å². The zero-order valence-corrected chi connectivity index (χ0v) is 14.8. The summed E-state index contributed by atoms with van der Waals surface area (Å²) < 4.78 is 116. The fourth-order valence-electron chi connectivity index (χ4n) is 1.71. The van der Waals surface area contributed by atoms with Crippen LogP contribution in [0.15, 0.2) is 0 Å². The second-order valence-electron chi connectivity index (χ2n) is 5.43. The van der Waals surface area contributed by atoms with Gasteiger partial charge in [0, 0.05) is 12.8 Å². The minimum absolute atomic E-state index is 0.0448. The van der Waals surface area contributed by atoms with Crippen molar-refractivity contribution in [1.29, 1.82) is 0 Å². The van der Waals surface area contributed by atoms with Gasteiger partial charge in [-0.2, -0.15) is 39.2 Å². The van der Waals surface area contributed by atoms with Crippen molar-refractivity contribution in [2.24, 2.45) is 0 Å². The monoisotopic (exact) mass is 407 g/mol. The Bertz CT molecular complexity index is 453. The van der Waals surface area contributed by atoms with Gasteiger partial charge in [0.25, 0.3) is 0 Å². The number of alkyl halides is 7. The molecular weight excluding hydrogens is 383 g/mol. The molecule has 4 nitrogen and oxygen atoms in total. The maximum absolute atomic E-state index is 13.0. The molecular formula is C13H24F7NO3S. The number of rotatable bonds is 10. The van der Waals surface area contributed by atoms with Crippen molar-refractivity contribution in [2.75, 3.05) is 14.1 Å². The van der Waals surface area contributed by atoms with Crippen molar-refractivity contribution in [1.82, 2.24) is 5.32 Å². The fourth-order valence-corrected chi connectivity index (χ4v) is 2.19. The number of hydrogen-bond donors (Lipinski definition) is 2. The Kier molecular flexibility index (Phi) is 11.9. The van der Waals surface area contributed by atoms with Crippen LogP contribution in [-0.2, 0) is 10.1 Å². The van der Waals surface area contributed by atoms with Crippen molar-refractivity contribution < 1.29 is 43.7 Å². The number of halogens is 7. The maximum atomic E-state index is 13.0. The molecule has 0 saturated carbocycles. The summed E-state index contributed by atoms with van der Waals surface area (Å²) in [5.41, 5.74) is 0. The average molecular weight is 407 g/mol. The molecule has 2 N–H and O–H groups in total. The Hall–Kier alpha value is -0.620. The molecule has 0 heterocycles. The van der Waals surface area contributed by atoms with Gasteiger partial charge >= 0.3 is 27.5 Å². The van der Waals surface area contributed by atoms with Crippen LogP contribution in [0.3, 0.4) is 0 Å². The Balaban J connectivity index is 0. The summed E-state index contributed by atoms with van der Waals surface area (Å²) in [4.78, 5) is 0. The molecule has 12 heteroatoms. The molecule has 0 amide bonds. The summed E-state index contributed by atoms with van der Waals surface area (Å²) in [6, 6.07) is 0. The molecule has 0 radical (unpaired) electrons. The predicted molar refractivity (Wildman–Crippen MR) is 79.4 cm³/mol. The van der Waals surface area contributed by atoms with E-state index in [1.165, 1.54) is 0 Å². The second-order valence-corrected chi connectivity index (χ2v) is 6.90. The van der Waals surface area contributed by atoms with Crippen LogP contribution in [0.4, 0.5) is 30.7 Å². The molecule has 0 unspecified atom stereocenters. The second kappa shape index (κ2) is 11.2. The molecule has 0 fully saturated rings. The molecule has 0 aromatic heterocycles. The average Bonchev–Trinajstić information content (AvgIpc) is 2.40. The molecule has 25 heavy (non-hydrogen) atoms. The van der Waals surface area contributed by atoms with Crippen molar-refractivity contribution in [3.8, 4) is 0 Å². The zero-order chi connectivity index (χ0) is 20.4. The van der Waals surface area contributed by atoms with Crippen LogP contribution in [0.1, 0.15) is 51.4 Å². The zero-order valence-electron chi connectivity index (χ0n) is 14.0. The third-order valence-corrected chi connectivity index (χ3v) is 3.90. The van der Waals surface area contributed by atoms with E-state index in [0.717, 1.165) is 0 Å². The van der Waals surface area contributed by atoms with E-state index in [0.29, 0.717) is 6.42 Å². The lowest BCUT2D eigenvalue weighted by molar-refractivity contribution is -0.164. The van der Waals surface area contributed by atoms with Crippen molar-refractivity contribution in [3.05, 3.63) is 0 Å². The lowest BCUT2D eigenvalue weighted by Crippen LogP contribution is -2.46. The van der Waals surface area contributed by atoms with Gasteiger partial charge in [0.15, 0.2) is 0 Å². The molecule has 0 aromatic carbocycles. The minimum Gasteiger partial charge on any atom is -0.323 e. The molecule has 0 aliphatic rings. The molecule has 0 atom stereocenters. The molecule has 0 aromatic rings. The Morgan fingerprint density at radius 2 is 1.08 bits per heavy atom. The predicted octanol–water partition coefficient (Wildman–Crippen LogP) is 4.62. The summed E-state index contributed by atoms with van der Waals surface area (Å²) in [6.07, 6.45) is -6.28. The van der Waals surface area contributed by atoms with Gasteiger partial charge in [-0.05, 0) is 26.9 Å². The quantitative estimate of drug-likeness (QED) is 0.315. The van der Waals surface area contributed by atoms with Gasteiger partial charge < -0.3 is 5.32 Å². The summed E-state index contributed by atoms with van der Waals surface area (Å²) in [7, 11) is -2.47. The molecule has 0 spiro atoms. The van der Waals surface area contributed by atoms with Crippen molar-refractivity contribution in [3.63, 3.8) is 0 Å². The third kappa shape index (κ3) is 11.6. The highest BCUT2D eigenvalue weighted by Crippen LogP contribution is 2.41. The van der Waals surface area contributed by atoms with E-state index in [9.17, 15) is 39.2 Å². The smallest absolute Gasteiger partial charge is 0.323 e. The van der Waals surface area contributed by atoms with Crippen molar-refractivity contribution in [2.45, 2.75) is 68.7 Å². The van der Waals surface area contributed by atoms with E-state index in [4.69, 9.17) is 4.55 Å². The summed E-state index contributed by atoms with van der Waals surface area (Å²) in [5, 5.41) is -2.81. The summed E-state index contributed by atoms with van der Waals surface area (Å²) in [5.74, 6) is -4.91. The highest BCUT2D eigenvalue weighted by Gasteiger charge is 2.64.